The Bertz CT molecular complexity index is 1050. The second-order valence-electron chi connectivity index (χ2n) is 9.56. The molecule has 0 bridgehead atoms. The average Bonchev–Trinajstić information content (AvgIpc) is 3.07. The number of pyridine rings is 1. The number of nitrogens with zero attached hydrogens (tertiary/aromatic N) is 1. The van der Waals surface area contributed by atoms with Gasteiger partial charge < -0.3 is 0 Å². The first kappa shape index (κ1) is 31.8. The normalized spacial score (nSPS) is 25.6. The number of nitrogens with two attached hydrogens (primary N) is 3. The SMILES string of the molecule is CC1([I-]C[I-]NC(=O)CCCC[C@@H]2SC[C@H](N)[C@@H]2N)C=CC=C(Cc2cc(CN)cc(C(F)(F)F)n2)C=C1. The van der Waals surface area contributed by atoms with Gasteiger partial charge in [0.05, 0.1) is 0 Å². The van der Waals surface area contributed by atoms with Crippen LogP contribution in [0.1, 0.15) is 49.6 Å². The Kier molecular flexibility index (Phi) is 12.4. The number of aromatic nitrogens is 1. The Morgan fingerprint density at radius 1 is 1.26 bits per heavy atom. The number of amides is 1. The number of rotatable bonds is 12. The van der Waals surface area contributed by atoms with E-state index in [-0.39, 0.29) is 49.2 Å². The molecule has 0 saturated carbocycles. The molecule has 1 amide bonds. The number of nitrogens with one attached hydrogen (secondary N) is 1. The van der Waals surface area contributed by atoms with Crippen molar-refractivity contribution in [3.63, 3.8) is 0 Å². The van der Waals surface area contributed by atoms with Crippen LogP contribution in [0.5, 0.6) is 0 Å². The van der Waals surface area contributed by atoms with Crippen molar-refractivity contribution in [2.24, 2.45) is 17.2 Å². The number of alkyl halides is 6. The van der Waals surface area contributed by atoms with Gasteiger partial charge in [0.15, 0.2) is 0 Å². The summed E-state index contributed by atoms with van der Waals surface area (Å²) in [6, 6.07) is 2.78. The van der Waals surface area contributed by atoms with Crippen molar-refractivity contribution in [1.82, 2.24) is 8.51 Å². The molecule has 0 radical (unpaired) electrons. The van der Waals surface area contributed by atoms with Gasteiger partial charge in [0, 0.05) is 0 Å². The molecule has 4 atom stereocenters. The van der Waals surface area contributed by atoms with Crippen LogP contribution in [-0.2, 0) is 23.9 Å². The molecule has 6 nitrogen and oxygen atoms in total. The van der Waals surface area contributed by atoms with Crippen molar-refractivity contribution in [1.29, 1.82) is 0 Å². The molecule has 38 heavy (non-hydrogen) atoms. The van der Waals surface area contributed by atoms with Gasteiger partial charge in [0.1, 0.15) is 0 Å². The van der Waals surface area contributed by atoms with Crippen LogP contribution in [0.15, 0.2) is 48.1 Å². The van der Waals surface area contributed by atoms with E-state index in [1.807, 2.05) is 30.0 Å². The van der Waals surface area contributed by atoms with Gasteiger partial charge in [-0.3, -0.25) is 0 Å². The molecular formula is C26H36F3I2N5OS-2. The average molecular weight is 777 g/mol. The fourth-order valence-electron chi connectivity index (χ4n) is 4.08. The quantitative estimate of drug-likeness (QED) is 0.0802. The molecule has 1 aliphatic carbocycles. The van der Waals surface area contributed by atoms with Gasteiger partial charge in [-0.1, -0.05) is 0 Å². The van der Waals surface area contributed by atoms with Gasteiger partial charge in [0.25, 0.3) is 0 Å². The summed E-state index contributed by atoms with van der Waals surface area (Å²) in [5.74, 6) is 1.05. The first-order valence-electron chi connectivity index (χ1n) is 12.4. The molecule has 1 unspecified atom stereocenters. The van der Waals surface area contributed by atoms with E-state index in [0.717, 1.165) is 39.1 Å². The van der Waals surface area contributed by atoms with Crippen molar-refractivity contribution in [2.75, 3.05) is 8.19 Å². The summed E-state index contributed by atoms with van der Waals surface area (Å²) in [5, 5.41) is 0.409. The Hall–Kier alpha value is -0.680. The summed E-state index contributed by atoms with van der Waals surface area (Å²) in [5.41, 5.74) is 18.4. The number of thioether (sulfide) groups is 1. The molecule has 7 N–H and O–H groups in total. The fraction of sp³-hybridized carbons (Fsp3) is 0.538. The molecule has 1 fully saturated rings. The molecular weight excluding hydrogens is 741 g/mol. The second-order valence-corrected chi connectivity index (χ2v) is 19.7. The summed E-state index contributed by atoms with van der Waals surface area (Å²) < 4.78 is 43.7. The zero-order chi connectivity index (χ0) is 27.8. The van der Waals surface area contributed by atoms with Crippen molar-refractivity contribution < 1.29 is 60.6 Å². The number of hydrogen-bond acceptors (Lipinski definition) is 6. The Balaban J connectivity index is 1.40. The van der Waals surface area contributed by atoms with Crippen molar-refractivity contribution >= 4 is 17.7 Å². The second kappa shape index (κ2) is 14.8. The van der Waals surface area contributed by atoms with Gasteiger partial charge in [0.2, 0.25) is 0 Å². The van der Waals surface area contributed by atoms with E-state index in [4.69, 9.17) is 17.2 Å². The molecule has 214 valence electrons. The van der Waals surface area contributed by atoms with Gasteiger partial charge in [-0.15, -0.1) is 0 Å². The third-order valence-electron chi connectivity index (χ3n) is 6.34. The molecule has 1 aromatic heterocycles. The van der Waals surface area contributed by atoms with Gasteiger partial charge in [-0.25, -0.2) is 0 Å². The third-order valence-corrected chi connectivity index (χ3v) is 15.7. The van der Waals surface area contributed by atoms with Crippen LogP contribution in [0, 0.1) is 0 Å². The summed E-state index contributed by atoms with van der Waals surface area (Å²) >= 11 is 1.19. The van der Waals surface area contributed by atoms with Crippen LogP contribution in [0.2, 0.25) is 0 Å². The number of unbranched alkanes of at least 4 members (excludes halogenated alkanes) is 1. The Morgan fingerprint density at radius 3 is 2.74 bits per heavy atom. The number of carbonyl (C=O) groups excluding carboxylic acids is 1. The molecule has 0 spiro atoms. The molecule has 2 aliphatic rings. The molecule has 2 heterocycles. The minimum absolute atomic E-state index is 0.0268. The fourth-order valence-corrected chi connectivity index (χ4v) is 14.1. The first-order valence-corrected chi connectivity index (χ1v) is 18.7. The number of hydrogen-bond donors (Lipinski definition) is 4. The predicted molar refractivity (Wildman–Crippen MR) is 139 cm³/mol. The van der Waals surface area contributed by atoms with E-state index in [9.17, 15) is 18.0 Å². The topological polar surface area (TPSA) is 120 Å². The predicted octanol–water partition coefficient (Wildman–Crippen LogP) is -2.59. The molecule has 1 aromatic rings. The van der Waals surface area contributed by atoms with Crippen LogP contribution in [-0.4, -0.2) is 39.8 Å². The molecule has 1 saturated heterocycles. The third kappa shape index (κ3) is 10.1. The van der Waals surface area contributed by atoms with E-state index in [1.54, 1.807) is 6.07 Å². The molecule has 12 heteroatoms. The standard InChI is InChI=1S/C26H36F3I2N5OS/c1-25(30-16-31-36-23(37)7-3-2-6-21-24(34)20(33)15-38-21)9-4-5-17(8-10-25)11-19-12-18(14-32)13-22(35-19)26(27,28)29/h4-5,8-10,12-13,20-21,24H,2-3,6-7,11,14-16,32-34H2,1H3,(H,36,37)/q-2/t20-,21-,24-,25?/m0/s1. The van der Waals surface area contributed by atoms with E-state index in [0.29, 0.717) is 29.3 Å². The van der Waals surface area contributed by atoms with Crippen molar-refractivity contribution in [3.05, 3.63) is 65.0 Å². The summed E-state index contributed by atoms with van der Waals surface area (Å²) in [6.07, 6.45) is 9.39. The van der Waals surface area contributed by atoms with E-state index in [2.05, 4.69) is 27.6 Å². The van der Waals surface area contributed by atoms with Crippen LogP contribution >= 0.6 is 11.8 Å². The summed E-state index contributed by atoms with van der Waals surface area (Å²) in [7, 11) is 0. The first-order chi connectivity index (χ1) is 18.0. The van der Waals surface area contributed by atoms with Gasteiger partial charge >= 0.3 is 250 Å². The van der Waals surface area contributed by atoms with E-state index in [1.165, 1.54) is 0 Å². The van der Waals surface area contributed by atoms with E-state index >= 15 is 0 Å². The zero-order valence-corrected chi connectivity index (χ0v) is 26.4. The summed E-state index contributed by atoms with van der Waals surface area (Å²) in [6.45, 7) is 2.20. The molecule has 3 rings (SSSR count). The Labute approximate surface area is 248 Å². The van der Waals surface area contributed by atoms with Crippen LogP contribution < -0.4 is 63.4 Å². The van der Waals surface area contributed by atoms with Gasteiger partial charge in [-0.2, -0.15) is 0 Å². The van der Waals surface area contributed by atoms with Crippen LogP contribution in [0.3, 0.4) is 0 Å². The van der Waals surface area contributed by atoms with E-state index < -0.39 is 33.3 Å². The van der Waals surface area contributed by atoms with Gasteiger partial charge in [-0.05, 0) is 0 Å². The number of halogens is 5. The summed E-state index contributed by atoms with van der Waals surface area (Å²) in [4.78, 5) is 16.1. The maximum absolute atomic E-state index is 13.2. The maximum atomic E-state index is 13.2. The molecule has 1 aliphatic heterocycles. The van der Waals surface area contributed by atoms with Crippen LogP contribution in [0.4, 0.5) is 13.2 Å². The monoisotopic (exact) mass is 777 g/mol. The number of carbonyl (C=O) groups is 1. The number of allylic oxidation sites excluding steroid dienone is 6. The van der Waals surface area contributed by atoms with Crippen molar-refractivity contribution in [2.45, 2.75) is 72.5 Å². The van der Waals surface area contributed by atoms with Crippen LogP contribution in [0.25, 0.3) is 0 Å². The zero-order valence-electron chi connectivity index (χ0n) is 21.3. The minimum atomic E-state index is -4.51. The van der Waals surface area contributed by atoms with Crippen molar-refractivity contribution in [3.8, 4) is 0 Å². The molecule has 0 aromatic carbocycles. The Morgan fingerprint density at radius 2 is 2.05 bits per heavy atom.